The molecule has 0 aliphatic rings. The third-order valence-corrected chi connectivity index (χ3v) is 2.10. The summed E-state index contributed by atoms with van der Waals surface area (Å²) in [6.07, 6.45) is 3.82. The Balaban J connectivity index is 2.95. The largest absolute Gasteiger partial charge is 0.357 e. The zero-order valence-corrected chi connectivity index (χ0v) is 8.73. The maximum Gasteiger partial charge on any atom is 0.222 e. The van der Waals surface area contributed by atoms with Crippen LogP contribution in [-0.4, -0.2) is 17.0 Å². The van der Waals surface area contributed by atoms with E-state index in [0.717, 1.165) is 24.1 Å². The van der Waals surface area contributed by atoms with Crippen LogP contribution in [0.25, 0.3) is 0 Å². The standard InChI is InChI=1S/C9H14ClN3/c1-3-4-8-7(5-10)6-12-9(11-2)13-8/h6H,3-5H2,1-2H3,(H,11,12,13). The number of halogens is 1. The van der Waals surface area contributed by atoms with Gasteiger partial charge in [0.1, 0.15) is 0 Å². The predicted molar refractivity (Wildman–Crippen MR) is 55.1 cm³/mol. The molecule has 0 unspecified atom stereocenters. The summed E-state index contributed by atoms with van der Waals surface area (Å²) in [4.78, 5) is 8.45. The van der Waals surface area contributed by atoms with E-state index < -0.39 is 0 Å². The van der Waals surface area contributed by atoms with Gasteiger partial charge in [0.2, 0.25) is 5.95 Å². The second-order valence-corrected chi connectivity index (χ2v) is 3.07. The second kappa shape index (κ2) is 5.02. The predicted octanol–water partition coefficient (Wildman–Crippen LogP) is 2.21. The number of aryl methyl sites for hydroxylation is 1. The van der Waals surface area contributed by atoms with Crippen LogP contribution in [0, 0.1) is 0 Å². The molecule has 13 heavy (non-hydrogen) atoms. The van der Waals surface area contributed by atoms with Crippen LogP contribution in [0.5, 0.6) is 0 Å². The third-order valence-electron chi connectivity index (χ3n) is 1.81. The van der Waals surface area contributed by atoms with Crippen LogP contribution >= 0.6 is 11.6 Å². The van der Waals surface area contributed by atoms with Gasteiger partial charge in [-0.3, -0.25) is 0 Å². The molecule has 0 atom stereocenters. The van der Waals surface area contributed by atoms with Gasteiger partial charge >= 0.3 is 0 Å². The molecule has 1 N–H and O–H groups in total. The lowest BCUT2D eigenvalue weighted by Gasteiger charge is -2.06. The van der Waals surface area contributed by atoms with Crippen molar-refractivity contribution in [1.82, 2.24) is 9.97 Å². The van der Waals surface area contributed by atoms with Crippen molar-refractivity contribution < 1.29 is 0 Å². The summed E-state index contributed by atoms with van der Waals surface area (Å²) in [5.74, 6) is 1.15. The number of anilines is 1. The van der Waals surface area contributed by atoms with Gasteiger partial charge in [-0.25, -0.2) is 9.97 Å². The van der Waals surface area contributed by atoms with E-state index in [1.54, 1.807) is 6.20 Å². The Hall–Kier alpha value is -0.830. The molecule has 0 saturated carbocycles. The molecule has 0 spiro atoms. The second-order valence-electron chi connectivity index (χ2n) is 2.80. The quantitative estimate of drug-likeness (QED) is 0.756. The summed E-state index contributed by atoms with van der Waals surface area (Å²) in [6.45, 7) is 2.12. The minimum Gasteiger partial charge on any atom is -0.357 e. The van der Waals surface area contributed by atoms with Crippen LogP contribution in [0.4, 0.5) is 5.95 Å². The Morgan fingerprint density at radius 1 is 1.54 bits per heavy atom. The first-order chi connectivity index (χ1) is 6.31. The highest BCUT2D eigenvalue weighted by atomic mass is 35.5. The van der Waals surface area contributed by atoms with Crippen LogP contribution in [0.15, 0.2) is 6.20 Å². The van der Waals surface area contributed by atoms with Gasteiger partial charge in [0.05, 0.1) is 11.6 Å². The van der Waals surface area contributed by atoms with Crippen LogP contribution in [0.1, 0.15) is 24.6 Å². The summed E-state index contributed by atoms with van der Waals surface area (Å²) in [6, 6.07) is 0. The van der Waals surface area contributed by atoms with Crippen molar-refractivity contribution in [3.05, 3.63) is 17.5 Å². The zero-order valence-electron chi connectivity index (χ0n) is 7.97. The van der Waals surface area contributed by atoms with Crippen LogP contribution in [-0.2, 0) is 12.3 Å². The fourth-order valence-electron chi connectivity index (χ4n) is 1.13. The van der Waals surface area contributed by atoms with Crippen molar-refractivity contribution >= 4 is 17.5 Å². The average Bonchev–Trinajstić information content (AvgIpc) is 2.18. The van der Waals surface area contributed by atoms with Crippen LogP contribution < -0.4 is 5.32 Å². The van der Waals surface area contributed by atoms with Crippen molar-refractivity contribution in [2.24, 2.45) is 0 Å². The average molecular weight is 200 g/mol. The Labute approximate surface area is 83.5 Å². The number of hydrogen-bond donors (Lipinski definition) is 1. The lowest BCUT2D eigenvalue weighted by Crippen LogP contribution is -2.03. The highest BCUT2D eigenvalue weighted by Gasteiger charge is 2.04. The van der Waals surface area contributed by atoms with Gasteiger partial charge in [-0.15, -0.1) is 11.6 Å². The van der Waals surface area contributed by atoms with E-state index in [1.807, 2.05) is 7.05 Å². The molecule has 0 saturated heterocycles. The summed E-state index contributed by atoms with van der Waals surface area (Å²) < 4.78 is 0. The van der Waals surface area contributed by atoms with Crippen molar-refractivity contribution in [3.63, 3.8) is 0 Å². The molecule has 1 aromatic rings. The van der Waals surface area contributed by atoms with E-state index in [4.69, 9.17) is 11.6 Å². The van der Waals surface area contributed by atoms with E-state index in [1.165, 1.54) is 0 Å². The summed E-state index contributed by atoms with van der Waals surface area (Å²) in [7, 11) is 1.81. The lowest BCUT2D eigenvalue weighted by atomic mass is 10.2. The number of alkyl halides is 1. The van der Waals surface area contributed by atoms with E-state index in [9.17, 15) is 0 Å². The van der Waals surface area contributed by atoms with Gasteiger partial charge in [-0.2, -0.15) is 0 Å². The third kappa shape index (κ3) is 2.56. The Kier molecular flexibility index (Phi) is 3.96. The van der Waals surface area contributed by atoms with E-state index >= 15 is 0 Å². The minimum absolute atomic E-state index is 0.485. The van der Waals surface area contributed by atoms with E-state index in [2.05, 4.69) is 22.2 Å². The highest BCUT2D eigenvalue weighted by Crippen LogP contribution is 2.12. The Morgan fingerprint density at radius 2 is 2.31 bits per heavy atom. The summed E-state index contributed by atoms with van der Waals surface area (Å²) in [5.41, 5.74) is 2.08. The normalized spacial score (nSPS) is 10.1. The molecule has 0 radical (unpaired) electrons. The van der Waals surface area contributed by atoms with Crippen molar-refractivity contribution in [3.8, 4) is 0 Å². The molecule has 1 aromatic heterocycles. The fourth-order valence-corrected chi connectivity index (χ4v) is 1.35. The van der Waals surface area contributed by atoms with Gasteiger partial charge in [-0.05, 0) is 6.42 Å². The number of aromatic nitrogens is 2. The van der Waals surface area contributed by atoms with Crippen molar-refractivity contribution in [2.75, 3.05) is 12.4 Å². The maximum absolute atomic E-state index is 5.76. The molecule has 0 aliphatic heterocycles. The van der Waals surface area contributed by atoms with Gasteiger partial charge in [0.25, 0.3) is 0 Å². The van der Waals surface area contributed by atoms with Crippen molar-refractivity contribution in [1.29, 1.82) is 0 Å². The van der Waals surface area contributed by atoms with Gasteiger partial charge < -0.3 is 5.32 Å². The van der Waals surface area contributed by atoms with E-state index in [-0.39, 0.29) is 0 Å². The number of rotatable bonds is 4. The molecule has 4 heteroatoms. The number of nitrogens with zero attached hydrogens (tertiary/aromatic N) is 2. The highest BCUT2D eigenvalue weighted by molar-refractivity contribution is 6.17. The molecule has 0 fully saturated rings. The SMILES string of the molecule is CCCc1nc(NC)ncc1CCl. The molecule has 0 aromatic carbocycles. The molecule has 0 bridgehead atoms. The summed E-state index contributed by atoms with van der Waals surface area (Å²) in [5, 5.41) is 2.91. The number of hydrogen-bond acceptors (Lipinski definition) is 3. The summed E-state index contributed by atoms with van der Waals surface area (Å²) >= 11 is 5.76. The zero-order chi connectivity index (χ0) is 9.68. The molecular formula is C9H14ClN3. The maximum atomic E-state index is 5.76. The topological polar surface area (TPSA) is 37.8 Å². The minimum atomic E-state index is 0.485. The molecule has 0 aliphatic carbocycles. The monoisotopic (exact) mass is 199 g/mol. The molecule has 3 nitrogen and oxygen atoms in total. The van der Waals surface area contributed by atoms with Gasteiger partial charge in [0, 0.05) is 18.8 Å². The van der Waals surface area contributed by atoms with Crippen LogP contribution in [0.3, 0.4) is 0 Å². The molecule has 72 valence electrons. The lowest BCUT2D eigenvalue weighted by molar-refractivity contribution is 0.858. The molecule has 1 rings (SSSR count). The first kappa shape index (κ1) is 10.3. The Bertz CT molecular complexity index is 276. The van der Waals surface area contributed by atoms with Gasteiger partial charge in [-0.1, -0.05) is 13.3 Å². The first-order valence-electron chi connectivity index (χ1n) is 4.40. The van der Waals surface area contributed by atoms with E-state index in [0.29, 0.717) is 11.8 Å². The smallest absolute Gasteiger partial charge is 0.222 e. The van der Waals surface area contributed by atoms with Gasteiger partial charge in [0.15, 0.2) is 0 Å². The molecule has 1 heterocycles. The fraction of sp³-hybridized carbons (Fsp3) is 0.556. The first-order valence-corrected chi connectivity index (χ1v) is 4.93. The molecular weight excluding hydrogens is 186 g/mol. The molecule has 0 amide bonds. The Morgan fingerprint density at radius 3 is 2.85 bits per heavy atom. The van der Waals surface area contributed by atoms with Crippen LogP contribution in [0.2, 0.25) is 0 Å². The van der Waals surface area contributed by atoms with Crippen molar-refractivity contribution in [2.45, 2.75) is 25.6 Å². The number of nitrogens with one attached hydrogen (secondary N) is 1.